The molecule has 0 bridgehead atoms. The second-order valence-electron chi connectivity index (χ2n) is 9.15. The highest BCUT2D eigenvalue weighted by molar-refractivity contribution is 6.33. The van der Waals surface area contributed by atoms with Gasteiger partial charge in [0, 0.05) is 32.2 Å². The van der Waals surface area contributed by atoms with Crippen LogP contribution >= 0.6 is 11.6 Å². The fourth-order valence-electron chi connectivity index (χ4n) is 4.67. The Hall–Kier alpha value is -3.15. The fourth-order valence-corrected chi connectivity index (χ4v) is 4.95. The standard InChI is InChI=1S/C28H29ClFN3O3/c1-28(35,22-4-2-3-20(15-22)17-31)19-32-11-12-33(27(18-32)21-5-7-23(30)8-6-21)26-10-9-24(16-25(26)29)36-14-13-34/h2-10,15-16,27,34-35H,11-14,18-19H2,1H3/t27?,28-/m1/s1. The molecule has 0 radical (unpaired) electrons. The van der Waals surface area contributed by atoms with Crippen LogP contribution in [0, 0.1) is 17.1 Å². The van der Waals surface area contributed by atoms with Gasteiger partial charge in [0.15, 0.2) is 0 Å². The molecule has 1 unspecified atom stereocenters. The molecule has 2 atom stereocenters. The van der Waals surface area contributed by atoms with E-state index < -0.39 is 5.60 Å². The molecule has 1 aliphatic heterocycles. The average molecular weight is 510 g/mol. The van der Waals surface area contributed by atoms with Gasteiger partial charge in [0.25, 0.3) is 0 Å². The molecule has 1 heterocycles. The first-order valence-corrected chi connectivity index (χ1v) is 12.2. The van der Waals surface area contributed by atoms with Crippen molar-refractivity contribution in [2.75, 3.05) is 44.3 Å². The highest BCUT2D eigenvalue weighted by atomic mass is 35.5. The number of benzene rings is 3. The maximum absolute atomic E-state index is 13.7. The van der Waals surface area contributed by atoms with E-state index >= 15 is 0 Å². The third kappa shape index (κ3) is 5.97. The van der Waals surface area contributed by atoms with Gasteiger partial charge in [0.2, 0.25) is 0 Å². The van der Waals surface area contributed by atoms with Gasteiger partial charge in [-0.3, -0.25) is 4.90 Å². The lowest BCUT2D eigenvalue weighted by Gasteiger charge is -2.45. The first kappa shape index (κ1) is 25.9. The predicted molar refractivity (Wildman–Crippen MR) is 138 cm³/mol. The van der Waals surface area contributed by atoms with E-state index in [1.807, 2.05) is 18.2 Å². The first-order chi connectivity index (χ1) is 17.3. The lowest BCUT2D eigenvalue weighted by molar-refractivity contribution is 0.0103. The molecule has 3 aromatic rings. The second kappa shape index (κ2) is 11.3. The molecule has 4 rings (SSSR count). The number of halogens is 2. The number of hydrogen-bond acceptors (Lipinski definition) is 6. The van der Waals surface area contributed by atoms with Gasteiger partial charge < -0.3 is 19.8 Å². The van der Waals surface area contributed by atoms with E-state index in [4.69, 9.17) is 21.4 Å². The lowest BCUT2D eigenvalue weighted by Crippen LogP contribution is -2.52. The summed E-state index contributed by atoms with van der Waals surface area (Å²) in [6, 6.07) is 20.9. The summed E-state index contributed by atoms with van der Waals surface area (Å²) in [5.74, 6) is 0.270. The summed E-state index contributed by atoms with van der Waals surface area (Å²) in [6.45, 7) is 4.11. The predicted octanol–water partition coefficient (Wildman–Crippen LogP) is 4.49. The van der Waals surface area contributed by atoms with Crippen LogP contribution in [0.25, 0.3) is 0 Å². The Kier molecular flexibility index (Phi) is 8.12. The van der Waals surface area contributed by atoms with E-state index in [2.05, 4.69) is 15.9 Å². The van der Waals surface area contributed by atoms with E-state index in [1.54, 1.807) is 43.3 Å². The van der Waals surface area contributed by atoms with E-state index in [0.29, 0.717) is 48.1 Å². The van der Waals surface area contributed by atoms with Crippen LogP contribution in [-0.2, 0) is 5.60 Å². The zero-order valence-corrected chi connectivity index (χ0v) is 20.8. The van der Waals surface area contributed by atoms with E-state index in [0.717, 1.165) is 11.3 Å². The van der Waals surface area contributed by atoms with Crippen LogP contribution in [0.5, 0.6) is 5.75 Å². The molecule has 2 N–H and O–H groups in total. The number of ether oxygens (including phenoxy) is 1. The normalized spacial score (nSPS) is 17.9. The van der Waals surface area contributed by atoms with E-state index in [-0.39, 0.29) is 25.1 Å². The number of nitrogens with zero attached hydrogens (tertiary/aromatic N) is 3. The Labute approximate surface area is 215 Å². The minimum atomic E-state index is -1.16. The molecule has 6 nitrogen and oxygen atoms in total. The van der Waals surface area contributed by atoms with E-state index in [9.17, 15) is 14.8 Å². The Morgan fingerprint density at radius 1 is 1.14 bits per heavy atom. The Morgan fingerprint density at radius 3 is 2.61 bits per heavy atom. The molecule has 3 aromatic carbocycles. The molecule has 1 aliphatic rings. The van der Waals surface area contributed by atoms with Crippen molar-refractivity contribution in [3.05, 3.63) is 94.3 Å². The van der Waals surface area contributed by atoms with Gasteiger partial charge >= 0.3 is 0 Å². The maximum Gasteiger partial charge on any atom is 0.123 e. The summed E-state index contributed by atoms with van der Waals surface area (Å²) < 4.78 is 19.2. The number of piperazine rings is 1. The quantitative estimate of drug-likeness (QED) is 0.465. The van der Waals surface area contributed by atoms with Crippen LogP contribution in [0.15, 0.2) is 66.7 Å². The summed E-state index contributed by atoms with van der Waals surface area (Å²) in [7, 11) is 0. The van der Waals surface area contributed by atoms with Gasteiger partial charge in [-0.15, -0.1) is 0 Å². The average Bonchev–Trinajstić information content (AvgIpc) is 2.88. The highest BCUT2D eigenvalue weighted by Crippen LogP contribution is 2.38. The third-order valence-corrected chi connectivity index (χ3v) is 6.76. The van der Waals surface area contributed by atoms with Crippen molar-refractivity contribution < 1.29 is 19.3 Å². The molecule has 0 amide bonds. The molecule has 1 saturated heterocycles. The Balaban J connectivity index is 1.59. The number of hydrogen-bond donors (Lipinski definition) is 2. The fraction of sp³-hybridized carbons (Fsp3) is 0.321. The van der Waals surface area contributed by atoms with Crippen molar-refractivity contribution in [2.24, 2.45) is 0 Å². The molecule has 0 aliphatic carbocycles. The first-order valence-electron chi connectivity index (χ1n) is 11.8. The van der Waals surface area contributed by atoms with Crippen LogP contribution in [-0.4, -0.2) is 54.5 Å². The van der Waals surface area contributed by atoms with Crippen molar-refractivity contribution in [3.63, 3.8) is 0 Å². The zero-order valence-electron chi connectivity index (χ0n) is 20.1. The molecular formula is C28H29ClFN3O3. The van der Waals surface area contributed by atoms with Crippen LogP contribution in [0.4, 0.5) is 10.1 Å². The van der Waals surface area contributed by atoms with Crippen molar-refractivity contribution in [3.8, 4) is 11.8 Å². The molecule has 0 saturated carbocycles. The van der Waals surface area contributed by atoms with Crippen molar-refractivity contribution >= 4 is 17.3 Å². The number of aliphatic hydroxyl groups excluding tert-OH is 1. The molecule has 188 valence electrons. The van der Waals surface area contributed by atoms with Gasteiger partial charge in [0.05, 0.1) is 40.6 Å². The Bertz CT molecular complexity index is 1230. The maximum atomic E-state index is 13.7. The highest BCUT2D eigenvalue weighted by Gasteiger charge is 2.34. The largest absolute Gasteiger partial charge is 0.491 e. The SMILES string of the molecule is C[C@@](O)(CN1CCN(c2ccc(OCCO)cc2Cl)C(c2ccc(F)cc2)C1)c1cccc(C#N)c1. The van der Waals surface area contributed by atoms with Gasteiger partial charge in [-0.05, 0) is 54.4 Å². The second-order valence-corrected chi connectivity index (χ2v) is 9.55. The molecule has 0 aromatic heterocycles. The van der Waals surface area contributed by atoms with Gasteiger partial charge in [-0.1, -0.05) is 35.9 Å². The molecule has 8 heteroatoms. The number of aliphatic hydroxyl groups is 2. The number of nitriles is 1. The summed E-state index contributed by atoms with van der Waals surface area (Å²) >= 11 is 6.65. The number of rotatable bonds is 8. The van der Waals surface area contributed by atoms with Gasteiger partial charge in [-0.25, -0.2) is 4.39 Å². The third-order valence-electron chi connectivity index (χ3n) is 6.45. The van der Waals surface area contributed by atoms with Crippen LogP contribution in [0.3, 0.4) is 0 Å². The summed E-state index contributed by atoms with van der Waals surface area (Å²) in [5, 5.41) is 30.1. The topological polar surface area (TPSA) is 80.0 Å². The summed E-state index contributed by atoms with van der Waals surface area (Å²) in [5.41, 5.74) is 1.79. The summed E-state index contributed by atoms with van der Waals surface area (Å²) in [4.78, 5) is 4.36. The van der Waals surface area contributed by atoms with Crippen LogP contribution in [0.2, 0.25) is 5.02 Å². The molecule has 0 spiro atoms. The van der Waals surface area contributed by atoms with Crippen molar-refractivity contribution in [1.29, 1.82) is 5.26 Å². The minimum absolute atomic E-state index is 0.0848. The Morgan fingerprint density at radius 2 is 1.92 bits per heavy atom. The monoisotopic (exact) mass is 509 g/mol. The smallest absolute Gasteiger partial charge is 0.123 e. The minimum Gasteiger partial charge on any atom is -0.491 e. The van der Waals surface area contributed by atoms with Gasteiger partial charge in [-0.2, -0.15) is 5.26 Å². The van der Waals surface area contributed by atoms with Gasteiger partial charge in [0.1, 0.15) is 18.2 Å². The molecule has 36 heavy (non-hydrogen) atoms. The molecular weight excluding hydrogens is 481 g/mol. The summed E-state index contributed by atoms with van der Waals surface area (Å²) in [6.07, 6.45) is 0. The number of β-amino-alcohol motifs (C(OH)–C–C–N with tert-alkyl or cyclic N) is 1. The zero-order chi connectivity index (χ0) is 25.7. The van der Waals surface area contributed by atoms with Crippen molar-refractivity contribution in [1.82, 2.24) is 4.90 Å². The number of anilines is 1. The van der Waals surface area contributed by atoms with E-state index in [1.165, 1.54) is 12.1 Å². The lowest BCUT2D eigenvalue weighted by atomic mass is 9.92. The van der Waals surface area contributed by atoms with Crippen molar-refractivity contribution in [2.45, 2.75) is 18.6 Å². The van der Waals surface area contributed by atoms with Crippen LogP contribution in [0.1, 0.15) is 29.7 Å². The van der Waals surface area contributed by atoms with Crippen LogP contribution < -0.4 is 9.64 Å². The molecule has 1 fully saturated rings.